The first-order valence-electron chi connectivity index (χ1n) is 8.86. The van der Waals surface area contributed by atoms with Crippen molar-refractivity contribution < 1.29 is 4.79 Å². The molecule has 0 radical (unpaired) electrons. The first-order valence-corrected chi connectivity index (χ1v) is 8.86. The average molecular weight is 353 g/mol. The fraction of sp³-hybridized carbons (Fsp3) is 0.706. The minimum atomic E-state index is -0.639. The number of amides is 1. The molecule has 25 heavy (non-hydrogen) atoms. The summed E-state index contributed by atoms with van der Waals surface area (Å²) in [5, 5.41) is 3.18. The second-order valence-corrected chi connectivity index (χ2v) is 6.73. The molecule has 1 amide bonds. The smallest absolute Gasteiger partial charge is 0.330 e. The van der Waals surface area contributed by atoms with Gasteiger partial charge in [-0.25, -0.2) is 4.79 Å². The van der Waals surface area contributed by atoms with Crippen molar-refractivity contribution in [1.29, 1.82) is 0 Å². The Balaban J connectivity index is 3.20. The molecule has 0 aromatic carbocycles. The first kappa shape index (κ1) is 21.0. The quantitative estimate of drug-likeness (QED) is 0.614. The number of carbonyl (C=O) groups is 1. The Bertz CT molecular complexity index is 705. The van der Waals surface area contributed by atoms with Crippen LogP contribution < -0.4 is 27.2 Å². The number of rotatable bonds is 9. The third-order valence-electron chi connectivity index (χ3n) is 4.44. The van der Waals surface area contributed by atoms with E-state index in [0.717, 1.165) is 19.3 Å². The van der Waals surface area contributed by atoms with Gasteiger partial charge in [0.05, 0.1) is 6.54 Å². The lowest BCUT2D eigenvalue weighted by atomic mass is 10.0. The second kappa shape index (κ2) is 8.84. The van der Waals surface area contributed by atoms with Gasteiger partial charge in [-0.15, -0.1) is 0 Å². The Hall–Kier alpha value is -2.09. The summed E-state index contributed by atoms with van der Waals surface area (Å²) < 4.78 is 1.32. The van der Waals surface area contributed by atoms with E-state index in [9.17, 15) is 14.4 Å². The van der Waals surface area contributed by atoms with E-state index >= 15 is 0 Å². The Morgan fingerprint density at radius 1 is 1.28 bits per heavy atom. The Morgan fingerprint density at radius 3 is 2.44 bits per heavy atom. The van der Waals surface area contributed by atoms with Crippen LogP contribution in [-0.4, -0.2) is 34.1 Å². The van der Waals surface area contributed by atoms with E-state index in [2.05, 4.69) is 10.3 Å². The summed E-state index contributed by atoms with van der Waals surface area (Å²) in [7, 11) is 0. The number of anilines is 2. The molecule has 0 atom stereocenters. The van der Waals surface area contributed by atoms with E-state index in [-0.39, 0.29) is 36.0 Å². The molecule has 8 heteroatoms. The number of likely N-dealkylation sites (N-methyl/N-ethyl adjacent to an activating group) is 1. The molecule has 0 fully saturated rings. The molecule has 1 aromatic rings. The number of aromatic amines is 1. The van der Waals surface area contributed by atoms with Gasteiger partial charge >= 0.3 is 5.69 Å². The highest BCUT2D eigenvalue weighted by molar-refractivity contribution is 5.96. The molecule has 0 unspecified atom stereocenters. The number of nitrogens with zero attached hydrogens (tertiary/aromatic N) is 2. The van der Waals surface area contributed by atoms with E-state index < -0.39 is 11.2 Å². The third-order valence-corrected chi connectivity index (χ3v) is 4.44. The van der Waals surface area contributed by atoms with Crippen LogP contribution in [0.4, 0.5) is 11.5 Å². The molecular formula is C17H31N5O3. The monoisotopic (exact) mass is 353 g/mol. The molecule has 0 aliphatic carbocycles. The van der Waals surface area contributed by atoms with Gasteiger partial charge in [0.2, 0.25) is 5.91 Å². The summed E-state index contributed by atoms with van der Waals surface area (Å²) in [5.41, 5.74) is 4.74. The van der Waals surface area contributed by atoms with Crippen molar-refractivity contribution in [2.24, 2.45) is 0 Å². The van der Waals surface area contributed by atoms with Gasteiger partial charge in [0.15, 0.2) is 5.69 Å². The molecule has 0 saturated carbocycles. The van der Waals surface area contributed by atoms with Crippen molar-refractivity contribution in [3.05, 3.63) is 20.8 Å². The van der Waals surface area contributed by atoms with Crippen LogP contribution in [-0.2, 0) is 11.3 Å². The Labute approximate surface area is 148 Å². The SMILES string of the molecule is CCCCn1c(N)c(N(CC)C(=O)CNC(C)(C)CC)c(=O)[nH]c1=O. The summed E-state index contributed by atoms with van der Waals surface area (Å²) in [6, 6.07) is 0. The third kappa shape index (κ3) is 5.19. The lowest BCUT2D eigenvalue weighted by Crippen LogP contribution is -2.48. The molecule has 1 aromatic heterocycles. The van der Waals surface area contributed by atoms with Crippen LogP contribution in [0.1, 0.15) is 53.9 Å². The van der Waals surface area contributed by atoms with E-state index in [1.807, 2.05) is 27.7 Å². The zero-order chi connectivity index (χ0) is 19.2. The number of aromatic nitrogens is 2. The molecule has 142 valence electrons. The van der Waals surface area contributed by atoms with Crippen LogP contribution in [0.3, 0.4) is 0 Å². The van der Waals surface area contributed by atoms with Crippen molar-refractivity contribution in [2.45, 2.75) is 66.0 Å². The molecule has 0 aliphatic heterocycles. The number of hydrogen-bond donors (Lipinski definition) is 3. The standard InChI is InChI=1S/C17H31N5O3/c1-6-9-10-22-14(18)13(15(24)20-16(22)25)21(8-3)12(23)11-19-17(4,5)7-2/h19H,6-11,18H2,1-5H3,(H,20,24,25). The zero-order valence-electron chi connectivity index (χ0n) is 15.9. The number of nitrogens with two attached hydrogens (primary N) is 1. The Kier molecular flexibility index (Phi) is 7.41. The Morgan fingerprint density at radius 2 is 1.92 bits per heavy atom. The summed E-state index contributed by atoms with van der Waals surface area (Å²) in [6.07, 6.45) is 2.49. The molecule has 1 heterocycles. The minimum absolute atomic E-state index is 0.0344. The van der Waals surface area contributed by atoms with Crippen LogP contribution in [0.15, 0.2) is 9.59 Å². The van der Waals surface area contributed by atoms with Gasteiger partial charge in [-0.3, -0.25) is 19.1 Å². The van der Waals surface area contributed by atoms with Crippen molar-refractivity contribution >= 4 is 17.4 Å². The lowest BCUT2D eigenvalue weighted by molar-refractivity contribution is -0.118. The van der Waals surface area contributed by atoms with Gasteiger partial charge in [-0.1, -0.05) is 20.3 Å². The number of nitrogen functional groups attached to an aromatic ring is 1. The molecule has 1 rings (SSSR count). The number of nitrogens with one attached hydrogen (secondary N) is 2. The highest BCUT2D eigenvalue weighted by Crippen LogP contribution is 2.17. The highest BCUT2D eigenvalue weighted by Gasteiger charge is 2.24. The summed E-state index contributed by atoms with van der Waals surface area (Å²) in [4.78, 5) is 40.5. The van der Waals surface area contributed by atoms with E-state index in [1.165, 1.54) is 9.47 Å². The minimum Gasteiger partial charge on any atom is -0.383 e. The molecule has 0 spiro atoms. The molecule has 0 bridgehead atoms. The molecule has 4 N–H and O–H groups in total. The normalized spacial score (nSPS) is 11.6. The molecule has 0 saturated heterocycles. The van der Waals surface area contributed by atoms with E-state index in [1.54, 1.807) is 6.92 Å². The number of H-pyrrole nitrogens is 1. The highest BCUT2D eigenvalue weighted by atomic mass is 16.2. The van der Waals surface area contributed by atoms with Crippen LogP contribution in [0, 0.1) is 0 Å². The van der Waals surface area contributed by atoms with Gasteiger partial charge in [0.25, 0.3) is 5.56 Å². The van der Waals surface area contributed by atoms with Gasteiger partial charge in [-0.05, 0) is 33.6 Å². The van der Waals surface area contributed by atoms with Crippen molar-refractivity contribution in [2.75, 3.05) is 23.7 Å². The van der Waals surface area contributed by atoms with Crippen LogP contribution in [0.2, 0.25) is 0 Å². The molecule has 0 aliphatic rings. The van der Waals surface area contributed by atoms with Crippen LogP contribution in [0.25, 0.3) is 0 Å². The van der Waals surface area contributed by atoms with Gasteiger partial charge in [-0.2, -0.15) is 0 Å². The zero-order valence-corrected chi connectivity index (χ0v) is 15.9. The summed E-state index contributed by atoms with van der Waals surface area (Å²) in [5.74, 6) is -0.228. The topological polar surface area (TPSA) is 113 Å². The van der Waals surface area contributed by atoms with Gasteiger partial charge in [0.1, 0.15) is 5.82 Å². The molecular weight excluding hydrogens is 322 g/mol. The largest absolute Gasteiger partial charge is 0.383 e. The van der Waals surface area contributed by atoms with E-state index in [0.29, 0.717) is 6.54 Å². The van der Waals surface area contributed by atoms with Crippen LogP contribution >= 0.6 is 0 Å². The van der Waals surface area contributed by atoms with Crippen molar-refractivity contribution in [3.63, 3.8) is 0 Å². The molecule has 8 nitrogen and oxygen atoms in total. The number of carbonyl (C=O) groups excluding carboxylic acids is 1. The summed E-state index contributed by atoms with van der Waals surface area (Å²) in [6.45, 7) is 10.6. The predicted octanol–water partition coefficient (Wildman–Crippen LogP) is 1.05. The number of unbranched alkanes of at least 4 members (excludes halogenated alkanes) is 1. The maximum atomic E-state index is 12.6. The fourth-order valence-corrected chi connectivity index (χ4v) is 2.37. The maximum absolute atomic E-state index is 12.6. The summed E-state index contributed by atoms with van der Waals surface area (Å²) >= 11 is 0. The first-order chi connectivity index (χ1) is 11.7. The predicted molar refractivity (Wildman–Crippen MR) is 101 cm³/mol. The fourth-order valence-electron chi connectivity index (χ4n) is 2.37. The van der Waals surface area contributed by atoms with E-state index in [4.69, 9.17) is 5.73 Å². The van der Waals surface area contributed by atoms with Gasteiger partial charge < -0.3 is 16.0 Å². The lowest BCUT2D eigenvalue weighted by Gasteiger charge is -2.27. The maximum Gasteiger partial charge on any atom is 0.330 e. The average Bonchev–Trinajstić information content (AvgIpc) is 2.56. The second-order valence-electron chi connectivity index (χ2n) is 6.73. The number of hydrogen-bond acceptors (Lipinski definition) is 5. The van der Waals surface area contributed by atoms with Crippen molar-refractivity contribution in [3.8, 4) is 0 Å². The van der Waals surface area contributed by atoms with Crippen molar-refractivity contribution in [1.82, 2.24) is 14.9 Å². The van der Waals surface area contributed by atoms with Crippen LogP contribution in [0.5, 0.6) is 0 Å². The van der Waals surface area contributed by atoms with Gasteiger partial charge in [0, 0.05) is 18.6 Å².